The molecule has 3 saturated heterocycles. The number of aromatic nitrogens is 1. The predicted molar refractivity (Wildman–Crippen MR) is 96.4 cm³/mol. The Morgan fingerprint density at radius 2 is 2.15 bits per heavy atom. The smallest absolute Gasteiger partial charge is 0.229 e. The Kier molecular flexibility index (Phi) is 3.62. The fraction of sp³-hybridized carbons (Fsp3) is 0.421. The van der Waals surface area contributed by atoms with Crippen molar-refractivity contribution in [3.05, 3.63) is 41.4 Å². The van der Waals surface area contributed by atoms with Gasteiger partial charge in [0.2, 0.25) is 11.8 Å². The van der Waals surface area contributed by atoms with Gasteiger partial charge in [0.1, 0.15) is 5.01 Å². The van der Waals surface area contributed by atoms with E-state index in [1.165, 1.54) is 0 Å². The predicted octanol–water partition coefficient (Wildman–Crippen LogP) is 1.91. The molecule has 6 nitrogen and oxygen atoms in total. The molecule has 134 valence electrons. The molecule has 2 amide bonds. The summed E-state index contributed by atoms with van der Waals surface area (Å²) in [7, 11) is 0. The van der Waals surface area contributed by atoms with E-state index >= 15 is 0 Å². The lowest BCUT2D eigenvalue weighted by molar-refractivity contribution is -0.139. The first-order valence-electron chi connectivity index (χ1n) is 8.91. The first-order chi connectivity index (χ1) is 12.7. The Morgan fingerprint density at radius 1 is 1.31 bits per heavy atom. The zero-order valence-corrected chi connectivity index (χ0v) is 15.1. The van der Waals surface area contributed by atoms with Gasteiger partial charge in [-0.2, -0.15) is 0 Å². The molecule has 0 saturated carbocycles. The lowest BCUT2D eigenvalue weighted by Gasteiger charge is -2.31. The van der Waals surface area contributed by atoms with Crippen molar-refractivity contribution in [3.8, 4) is 10.6 Å². The van der Waals surface area contributed by atoms with Crippen molar-refractivity contribution >= 4 is 23.2 Å². The summed E-state index contributed by atoms with van der Waals surface area (Å²) in [5.41, 5.74) is 1.28. The highest BCUT2D eigenvalue weighted by Crippen LogP contribution is 2.45. The number of ether oxygens (including phenoxy) is 1. The van der Waals surface area contributed by atoms with E-state index < -0.39 is 5.72 Å². The molecule has 26 heavy (non-hydrogen) atoms. The molecule has 2 aromatic rings. The number of likely N-dealkylation sites (tertiary alicyclic amines) is 1. The van der Waals surface area contributed by atoms with E-state index in [-0.39, 0.29) is 24.3 Å². The highest BCUT2D eigenvalue weighted by Gasteiger charge is 2.62. The zero-order chi connectivity index (χ0) is 17.7. The maximum atomic E-state index is 12.9. The summed E-state index contributed by atoms with van der Waals surface area (Å²) in [6, 6.07) is 9.82. The van der Waals surface area contributed by atoms with Crippen LogP contribution in [-0.2, 0) is 20.7 Å². The van der Waals surface area contributed by atoms with Crippen LogP contribution < -0.4 is 0 Å². The minimum absolute atomic E-state index is 0.0296. The van der Waals surface area contributed by atoms with Crippen molar-refractivity contribution in [2.24, 2.45) is 0 Å². The van der Waals surface area contributed by atoms with E-state index in [2.05, 4.69) is 4.98 Å². The number of amides is 2. The van der Waals surface area contributed by atoms with Gasteiger partial charge in [0.25, 0.3) is 0 Å². The third kappa shape index (κ3) is 2.30. The van der Waals surface area contributed by atoms with Gasteiger partial charge >= 0.3 is 0 Å². The topological polar surface area (TPSA) is 62.7 Å². The zero-order valence-electron chi connectivity index (χ0n) is 14.3. The molecular weight excluding hydrogens is 350 g/mol. The molecule has 2 atom stereocenters. The maximum Gasteiger partial charge on any atom is 0.229 e. The van der Waals surface area contributed by atoms with Gasteiger partial charge in [-0.3, -0.25) is 9.59 Å². The molecule has 0 radical (unpaired) electrons. The van der Waals surface area contributed by atoms with Crippen molar-refractivity contribution in [2.75, 3.05) is 19.7 Å². The van der Waals surface area contributed by atoms with Crippen LogP contribution in [0.5, 0.6) is 0 Å². The Bertz CT molecular complexity index is 868. The molecule has 3 aliphatic rings. The molecule has 3 aliphatic heterocycles. The number of hydrogen-bond acceptors (Lipinski definition) is 5. The number of carbonyl (C=O) groups is 2. The van der Waals surface area contributed by atoms with Crippen molar-refractivity contribution in [1.82, 2.24) is 14.8 Å². The van der Waals surface area contributed by atoms with Crippen molar-refractivity contribution in [1.29, 1.82) is 0 Å². The second-order valence-corrected chi connectivity index (χ2v) is 7.84. The van der Waals surface area contributed by atoms with E-state index in [0.717, 1.165) is 16.3 Å². The van der Waals surface area contributed by atoms with Gasteiger partial charge in [-0.15, -0.1) is 11.3 Å². The molecule has 0 bridgehead atoms. The fourth-order valence-corrected chi connectivity index (χ4v) is 5.27. The first-order valence-corrected chi connectivity index (χ1v) is 9.79. The number of benzene rings is 1. The van der Waals surface area contributed by atoms with Crippen molar-refractivity contribution in [2.45, 2.75) is 31.0 Å². The summed E-state index contributed by atoms with van der Waals surface area (Å²) in [5, 5.41) is 2.87. The number of hydrogen-bond donors (Lipinski definition) is 0. The molecule has 0 unspecified atom stereocenters. The second kappa shape index (κ2) is 5.89. The monoisotopic (exact) mass is 369 g/mol. The minimum Gasteiger partial charge on any atom is -0.351 e. The van der Waals surface area contributed by atoms with Crippen molar-refractivity contribution < 1.29 is 14.3 Å². The summed E-state index contributed by atoms with van der Waals surface area (Å²) < 4.78 is 5.95. The highest BCUT2D eigenvalue weighted by atomic mass is 32.1. The van der Waals surface area contributed by atoms with E-state index in [1.54, 1.807) is 11.3 Å². The molecule has 5 rings (SSSR count). The average Bonchev–Trinajstić information content (AvgIpc) is 3.39. The van der Waals surface area contributed by atoms with E-state index in [0.29, 0.717) is 32.5 Å². The highest BCUT2D eigenvalue weighted by molar-refractivity contribution is 7.13. The maximum absolute atomic E-state index is 12.9. The van der Waals surface area contributed by atoms with Gasteiger partial charge in [-0.05, 0) is 0 Å². The molecule has 0 N–H and O–H groups in total. The average molecular weight is 369 g/mol. The van der Waals surface area contributed by atoms with Gasteiger partial charge < -0.3 is 14.5 Å². The van der Waals surface area contributed by atoms with E-state index in [9.17, 15) is 9.59 Å². The van der Waals surface area contributed by atoms with Gasteiger partial charge in [-0.1, -0.05) is 30.3 Å². The van der Waals surface area contributed by atoms with Crippen molar-refractivity contribution in [3.63, 3.8) is 0 Å². The Labute approximate surface area is 155 Å². The number of carbonyl (C=O) groups excluding carboxylic acids is 2. The van der Waals surface area contributed by atoms with Gasteiger partial charge in [0, 0.05) is 30.5 Å². The van der Waals surface area contributed by atoms with Crippen LogP contribution in [-0.4, -0.2) is 58.1 Å². The third-order valence-electron chi connectivity index (χ3n) is 5.63. The van der Waals surface area contributed by atoms with Crippen LogP contribution in [0.15, 0.2) is 35.7 Å². The summed E-state index contributed by atoms with van der Waals surface area (Å²) in [6.45, 7) is 1.85. The quantitative estimate of drug-likeness (QED) is 0.829. The standard InChI is InChI=1S/C19H19N3O3S/c23-16(10-14-12-26-18(20-14)13-4-2-1-3-5-13)21-7-6-19-15(21)11-17(24)22(19)8-9-25-19/h1-5,12,15H,6-11H2/t15-,19+/m1/s1. The molecule has 0 aliphatic carbocycles. The Hall–Kier alpha value is -2.25. The van der Waals surface area contributed by atoms with Gasteiger partial charge in [-0.25, -0.2) is 4.98 Å². The number of nitrogens with zero attached hydrogens (tertiary/aromatic N) is 3. The number of rotatable bonds is 3. The van der Waals surface area contributed by atoms with Gasteiger partial charge in [0.05, 0.1) is 31.2 Å². The molecular formula is C19H19N3O3S. The normalized spacial score (nSPS) is 27.1. The van der Waals surface area contributed by atoms with Crippen LogP contribution in [0.2, 0.25) is 0 Å². The molecule has 4 heterocycles. The summed E-state index contributed by atoms with van der Waals surface area (Å²) in [4.78, 5) is 33.4. The Morgan fingerprint density at radius 3 is 3.00 bits per heavy atom. The van der Waals surface area contributed by atoms with E-state index in [4.69, 9.17) is 4.74 Å². The lowest BCUT2D eigenvalue weighted by Crippen LogP contribution is -2.49. The number of thiazole rings is 1. The molecule has 7 heteroatoms. The SMILES string of the molecule is O=C(Cc1csc(-c2ccccc2)n1)N1CC[C@@]23OCCN2C(=O)C[C@@H]13. The first kappa shape index (κ1) is 16.0. The van der Waals surface area contributed by atoms with Crippen LogP contribution in [0.4, 0.5) is 0 Å². The van der Waals surface area contributed by atoms with E-state index in [1.807, 2.05) is 45.5 Å². The second-order valence-electron chi connectivity index (χ2n) is 6.98. The van der Waals surface area contributed by atoms with Crippen LogP contribution in [0.3, 0.4) is 0 Å². The molecule has 3 fully saturated rings. The van der Waals surface area contributed by atoms with Gasteiger partial charge in [0.15, 0.2) is 5.72 Å². The van der Waals surface area contributed by atoms with Crippen LogP contribution in [0.25, 0.3) is 10.6 Å². The third-order valence-corrected chi connectivity index (χ3v) is 6.57. The van der Waals surface area contributed by atoms with Crippen LogP contribution in [0.1, 0.15) is 18.5 Å². The lowest BCUT2D eigenvalue weighted by atomic mass is 10.1. The summed E-state index contributed by atoms with van der Waals surface area (Å²) in [5.74, 6) is 0.131. The largest absolute Gasteiger partial charge is 0.351 e. The Balaban J connectivity index is 1.33. The fourth-order valence-electron chi connectivity index (χ4n) is 4.45. The minimum atomic E-state index is -0.565. The molecule has 1 aromatic carbocycles. The van der Waals surface area contributed by atoms with Crippen LogP contribution >= 0.6 is 11.3 Å². The summed E-state index contributed by atoms with van der Waals surface area (Å²) in [6.07, 6.45) is 1.35. The molecule has 1 aromatic heterocycles. The summed E-state index contributed by atoms with van der Waals surface area (Å²) >= 11 is 1.55. The van der Waals surface area contributed by atoms with Crippen LogP contribution in [0, 0.1) is 0 Å². The molecule has 1 spiro atoms.